The van der Waals surface area contributed by atoms with Gasteiger partial charge in [-0.2, -0.15) is 0 Å². The monoisotopic (exact) mass is 385 g/mol. The Morgan fingerprint density at radius 1 is 1.18 bits per heavy atom. The van der Waals surface area contributed by atoms with E-state index in [0.29, 0.717) is 24.2 Å². The molecule has 2 aromatic rings. The molecule has 7 heteroatoms. The maximum Gasteiger partial charge on any atom is 0.273 e. The van der Waals surface area contributed by atoms with E-state index in [2.05, 4.69) is 4.90 Å². The SMILES string of the molecule is CCC(=O)N(c1ccc(F)cc1)C1CCN(Cc2ccccc2[N+](=O)[O-])CC1. The van der Waals surface area contributed by atoms with E-state index in [4.69, 9.17) is 0 Å². The van der Waals surface area contributed by atoms with E-state index in [1.807, 2.05) is 13.0 Å². The van der Waals surface area contributed by atoms with Crippen LogP contribution in [0.15, 0.2) is 48.5 Å². The molecule has 2 aromatic carbocycles. The molecule has 0 saturated carbocycles. The van der Waals surface area contributed by atoms with Gasteiger partial charge in [0.15, 0.2) is 0 Å². The van der Waals surface area contributed by atoms with Crippen LogP contribution in [0.2, 0.25) is 0 Å². The molecule has 0 radical (unpaired) electrons. The quantitative estimate of drug-likeness (QED) is 0.554. The number of nitrogens with zero attached hydrogens (tertiary/aromatic N) is 3. The number of anilines is 1. The van der Waals surface area contributed by atoms with Crippen molar-refractivity contribution in [1.29, 1.82) is 0 Å². The minimum Gasteiger partial charge on any atom is -0.309 e. The number of hydrogen-bond donors (Lipinski definition) is 0. The van der Waals surface area contributed by atoms with Gasteiger partial charge in [-0.25, -0.2) is 4.39 Å². The molecule has 1 heterocycles. The van der Waals surface area contributed by atoms with Crippen LogP contribution in [0.5, 0.6) is 0 Å². The number of likely N-dealkylation sites (tertiary alicyclic amines) is 1. The van der Waals surface area contributed by atoms with Crippen LogP contribution in [0.3, 0.4) is 0 Å². The number of rotatable bonds is 6. The maximum absolute atomic E-state index is 13.3. The van der Waals surface area contributed by atoms with E-state index < -0.39 is 0 Å². The van der Waals surface area contributed by atoms with Crippen molar-refractivity contribution in [3.63, 3.8) is 0 Å². The lowest BCUT2D eigenvalue weighted by Crippen LogP contribution is -2.47. The summed E-state index contributed by atoms with van der Waals surface area (Å²) in [6, 6.07) is 12.9. The van der Waals surface area contributed by atoms with E-state index in [1.165, 1.54) is 18.2 Å². The van der Waals surface area contributed by atoms with E-state index in [9.17, 15) is 19.3 Å². The molecular weight excluding hydrogens is 361 g/mol. The molecular formula is C21H24FN3O3. The predicted octanol–water partition coefficient (Wildman–Crippen LogP) is 4.14. The molecule has 6 nitrogen and oxygen atoms in total. The van der Waals surface area contributed by atoms with Crippen LogP contribution in [-0.4, -0.2) is 34.9 Å². The van der Waals surface area contributed by atoms with Gasteiger partial charge in [-0.05, 0) is 37.1 Å². The first kappa shape index (κ1) is 19.9. The summed E-state index contributed by atoms with van der Waals surface area (Å²) in [7, 11) is 0. The molecule has 0 spiro atoms. The Hall–Kier alpha value is -2.80. The molecule has 1 aliphatic heterocycles. The third-order valence-corrected chi connectivity index (χ3v) is 5.18. The Balaban J connectivity index is 1.68. The summed E-state index contributed by atoms with van der Waals surface area (Å²) < 4.78 is 13.3. The maximum atomic E-state index is 13.3. The topological polar surface area (TPSA) is 66.7 Å². The third-order valence-electron chi connectivity index (χ3n) is 5.18. The molecule has 0 atom stereocenters. The molecule has 1 fully saturated rings. The van der Waals surface area contributed by atoms with Crippen molar-refractivity contribution in [1.82, 2.24) is 4.90 Å². The molecule has 148 valence electrons. The normalized spacial score (nSPS) is 15.4. The van der Waals surface area contributed by atoms with Crippen molar-refractivity contribution in [2.24, 2.45) is 0 Å². The lowest BCUT2D eigenvalue weighted by atomic mass is 10.0. The third kappa shape index (κ3) is 4.54. The van der Waals surface area contributed by atoms with E-state index in [0.717, 1.165) is 25.9 Å². The first-order valence-electron chi connectivity index (χ1n) is 9.52. The lowest BCUT2D eigenvalue weighted by Gasteiger charge is -2.38. The van der Waals surface area contributed by atoms with Crippen LogP contribution in [0.25, 0.3) is 0 Å². The fourth-order valence-electron chi connectivity index (χ4n) is 3.73. The summed E-state index contributed by atoms with van der Waals surface area (Å²) in [5.74, 6) is -0.310. The Morgan fingerprint density at radius 3 is 2.43 bits per heavy atom. The van der Waals surface area contributed by atoms with Crippen LogP contribution in [0.1, 0.15) is 31.7 Å². The summed E-state index contributed by atoms with van der Waals surface area (Å²) in [4.78, 5) is 27.4. The van der Waals surface area contributed by atoms with Crippen LogP contribution in [-0.2, 0) is 11.3 Å². The van der Waals surface area contributed by atoms with Crippen molar-refractivity contribution in [2.75, 3.05) is 18.0 Å². The lowest BCUT2D eigenvalue weighted by molar-refractivity contribution is -0.385. The zero-order valence-electron chi connectivity index (χ0n) is 15.9. The second-order valence-electron chi connectivity index (χ2n) is 6.99. The molecule has 28 heavy (non-hydrogen) atoms. The average molecular weight is 385 g/mol. The number of nitro benzene ring substituents is 1. The van der Waals surface area contributed by atoms with Crippen LogP contribution >= 0.6 is 0 Å². The highest BCUT2D eigenvalue weighted by Gasteiger charge is 2.29. The van der Waals surface area contributed by atoms with Gasteiger partial charge in [-0.15, -0.1) is 0 Å². The zero-order valence-corrected chi connectivity index (χ0v) is 15.9. The summed E-state index contributed by atoms with van der Waals surface area (Å²) >= 11 is 0. The van der Waals surface area contributed by atoms with Gasteiger partial charge < -0.3 is 4.90 Å². The highest BCUT2D eigenvalue weighted by atomic mass is 19.1. The number of halogens is 1. The Bertz CT molecular complexity index is 833. The van der Waals surface area contributed by atoms with Crippen LogP contribution in [0, 0.1) is 15.9 Å². The first-order valence-corrected chi connectivity index (χ1v) is 9.52. The van der Waals surface area contributed by atoms with Gasteiger partial charge in [0.1, 0.15) is 5.82 Å². The standard InChI is InChI=1S/C21H24FN3O3/c1-2-21(26)24(18-9-7-17(22)8-10-18)19-11-13-23(14-12-19)15-16-5-3-4-6-20(16)25(27)28/h3-10,19H,2,11-15H2,1H3. The van der Waals surface area contributed by atoms with Crippen molar-refractivity contribution in [3.05, 3.63) is 70.0 Å². The molecule has 0 bridgehead atoms. The van der Waals surface area contributed by atoms with Gasteiger partial charge in [0, 0.05) is 49.4 Å². The molecule has 0 aromatic heterocycles. The van der Waals surface area contributed by atoms with Gasteiger partial charge >= 0.3 is 0 Å². The zero-order chi connectivity index (χ0) is 20.1. The van der Waals surface area contributed by atoms with Gasteiger partial charge in [-0.1, -0.05) is 25.1 Å². The summed E-state index contributed by atoms with van der Waals surface area (Å²) in [6.45, 7) is 3.82. The van der Waals surface area contributed by atoms with Crippen molar-refractivity contribution in [2.45, 2.75) is 38.8 Å². The molecule has 3 rings (SSSR count). The van der Waals surface area contributed by atoms with Gasteiger partial charge in [0.25, 0.3) is 5.69 Å². The molecule has 1 amide bonds. The van der Waals surface area contributed by atoms with Crippen LogP contribution < -0.4 is 4.90 Å². The predicted molar refractivity (Wildman–Crippen MR) is 106 cm³/mol. The number of para-hydroxylation sites is 1. The first-order chi connectivity index (χ1) is 13.5. The summed E-state index contributed by atoms with van der Waals surface area (Å²) in [6.07, 6.45) is 1.92. The second-order valence-corrected chi connectivity index (χ2v) is 6.99. The Morgan fingerprint density at radius 2 is 1.82 bits per heavy atom. The molecule has 1 saturated heterocycles. The number of amides is 1. The fourth-order valence-corrected chi connectivity index (χ4v) is 3.73. The van der Waals surface area contributed by atoms with E-state index in [-0.39, 0.29) is 28.4 Å². The number of piperidine rings is 1. The highest BCUT2D eigenvalue weighted by Crippen LogP contribution is 2.27. The minimum atomic E-state index is -0.349. The number of nitro groups is 1. The molecule has 0 aliphatic carbocycles. The molecule has 0 unspecified atom stereocenters. The largest absolute Gasteiger partial charge is 0.309 e. The van der Waals surface area contributed by atoms with Gasteiger partial charge in [-0.3, -0.25) is 19.8 Å². The number of benzene rings is 2. The number of carbonyl (C=O) groups is 1. The van der Waals surface area contributed by atoms with Gasteiger partial charge in [0.2, 0.25) is 5.91 Å². The minimum absolute atomic E-state index is 0.0174. The summed E-state index contributed by atoms with van der Waals surface area (Å²) in [5, 5.41) is 11.2. The fraction of sp³-hybridized carbons (Fsp3) is 0.381. The van der Waals surface area contributed by atoms with Gasteiger partial charge in [0.05, 0.1) is 4.92 Å². The Labute approximate surface area is 163 Å². The molecule has 0 N–H and O–H groups in total. The highest BCUT2D eigenvalue weighted by molar-refractivity contribution is 5.93. The Kier molecular flexibility index (Phi) is 6.36. The molecule has 1 aliphatic rings. The number of carbonyl (C=O) groups excluding carboxylic acids is 1. The van der Waals surface area contributed by atoms with E-state index >= 15 is 0 Å². The van der Waals surface area contributed by atoms with Crippen molar-refractivity contribution in [3.8, 4) is 0 Å². The van der Waals surface area contributed by atoms with Crippen molar-refractivity contribution < 1.29 is 14.1 Å². The average Bonchev–Trinajstić information content (AvgIpc) is 2.71. The smallest absolute Gasteiger partial charge is 0.273 e. The summed E-state index contributed by atoms with van der Waals surface area (Å²) in [5.41, 5.74) is 1.55. The van der Waals surface area contributed by atoms with E-state index in [1.54, 1.807) is 29.2 Å². The van der Waals surface area contributed by atoms with Crippen molar-refractivity contribution >= 4 is 17.3 Å². The van der Waals surface area contributed by atoms with Crippen LogP contribution in [0.4, 0.5) is 15.8 Å². The second kappa shape index (κ2) is 8.93. The number of hydrogen-bond acceptors (Lipinski definition) is 4.